The van der Waals surface area contributed by atoms with Gasteiger partial charge in [-0.3, -0.25) is 0 Å². The summed E-state index contributed by atoms with van der Waals surface area (Å²) in [6, 6.07) is 2.26. The Hall–Kier alpha value is -1.34. The van der Waals surface area contributed by atoms with Gasteiger partial charge in [0.05, 0.1) is 12.5 Å². The Morgan fingerprint density at radius 1 is 1.38 bits per heavy atom. The van der Waals surface area contributed by atoms with E-state index in [1.165, 1.54) is 0 Å². The van der Waals surface area contributed by atoms with Gasteiger partial charge in [0.15, 0.2) is 11.0 Å². The molecule has 1 atom stereocenters. The second-order valence-corrected chi connectivity index (χ2v) is 4.24. The molecule has 1 aromatic rings. The fraction of sp³-hybridized carbons (Fsp3) is 0.545. The van der Waals surface area contributed by atoms with E-state index in [0.29, 0.717) is 11.6 Å². The number of hydrogen-bond acceptors (Lipinski definition) is 4. The minimum atomic E-state index is 0.110. The molecule has 1 heterocycles. The minimum Gasteiger partial charge on any atom is -0.354 e. The maximum Gasteiger partial charge on any atom is 0.155 e. The van der Waals surface area contributed by atoms with Gasteiger partial charge in [0.2, 0.25) is 0 Å². The molecule has 0 aromatic carbocycles. The molecule has 16 heavy (non-hydrogen) atoms. The summed E-state index contributed by atoms with van der Waals surface area (Å²) in [6.07, 6.45) is 0.458. The molecule has 0 N–H and O–H groups in total. The van der Waals surface area contributed by atoms with Gasteiger partial charge in [-0.1, -0.05) is 11.6 Å². The number of halogens is 1. The zero-order chi connectivity index (χ0) is 12.3. The van der Waals surface area contributed by atoms with Gasteiger partial charge in [-0.05, 0) is 31.9 Å². The van der Waals surface area contributed by atoms with Gasteiger partial charge < -0.3 is 4.90 Å². The standard InChI is InChI=1S/C11H15ClN4/c1-7(5-6-13)16(4)11-9(3)8(2)10(12)14-15-11/h7H,5H2,1-4H3. The molecule has 0 aliphatic carbocycles. The van der Waals surface area contributed by atoms with Crippen LogP contribution in [-0.2, 0) is 0 Å². The lowest BCUT2D eigenvalue weighted by Gasteiger charge is -2.25. The first-order valence-corrected chi connectivity index (χ1v) is 5.46. The monoisotopic (exact) mass is 238 g/mol. The van der Waals surface area contributed by atoms with Crippen LogP contribution in [0, 0.1) is 25.2 Å². The third kappa shape index (κ3) is 2.42. The van der Waals surface area contributed by atoms with Gasteiger partial charge in [-0.25, -0.2) is 0 Å². The molecule has 0 amide bonds. The van der Waals surface area contributed by atoms with Crippen molar-refractivity contribution in [2.45, 2.75) is 33.2 Å². The molecule has 0 fully saturated rings. The van der Waals surface area contributed by atoms with E-state index in [4.69, 9.17) is 16.9 Å². The molecule has 4 nitrogen and oxygen atoms in total. The molecule has 1 rings (SSSR count). The van der Waals surface area contributed by atoms with Crippen LogP contribution < -0.4 is 4.90 Å². The van der Waals surface area contributed by atoms with Crippen molar-refractivity contribution in [3.63, 3.8) is 0 Å². The Labute approximate surface area is 101 Å². The van der Waals surface area contributed by atoms with Gasteiger partial charge in [0, 0.05) is 13.1 Å². The molecule has 0 aliphatic heterocycles. The van der Waals surface area contributed by atoms with Gasteiger partial charge >= 0.3 is 0 Å². The number of nitriles is 1. The third-order valence-electron chi connectivity index (χ3n) is 2.82. The van der Waals surface area contributed by atoms with Crippen LogP contribution in [0.2, 0.25) is 5.15 Å². The lowest BCUT2D eigenvalue weighted by atomic mass is 10.1. The first-order valence-electron chi connectivity index (χ1n) is 5.08. The van der Waals surface area contributed by atoms with Crippen LogP contribution in [-0.4, -0.2) is 23.3 Å². The first kappa shape index (κ1) is 12.7. The fourth-order valence-corrected chi connectivity index (χ4v) is 1.56. The summed E-state index contributed by atoms with van der Waals surface area (Å²) in [5.74, 6) is 0.782. The number of hydrogen-bond donors (Lipinski definition) is 0. The van der Waals surface area contributed by atoms with Gasteiger partial charge in [-0.15, -0.1) is 10.2 Å². The van der Waals surface area contributed by atoms with Crippen molar-refractivity contribution in [1.82, 2.24) is 10.2 Å². The molecule has 0 aliphatic rings. The maximum absolute atomic E-state index is 8.67. The summed E-state index contributed by atoms with van der Waals surface area (Å²) in [5.41, 5.74) is 1.94. The van der Waals surface area contributed by atoms with Crippen LogP contribution in [0.25, 0.3) is 0 Å². The minimum absolute atomic E-state index is 0.110. The summed E-state index contributed by atoms with van der Waals surface area (Å²) in [4.78, 5) is 1.95. The van der Waals surface area contributed by atoms with E-state index in [1.807, 2.05) is 32.7 Å². The highest BCUT2D eigenvalue weighted by Gasteiger charge is 2.16. The largest absolute Gasteiger partial charge is 0.354 e. The zero-order valence-corrected chi connectivity index (χ0v) is 10.7. The zero-order valence-electron chi connectivity index (χ0n) is 9.95. The lowest BCUT2D eigenvalue weighted by Crippen LogP contribution is -2.30. The van der Waals surface area contributed by atoms with Crippen molar-refractivity contribution in [2.75, 3.05) is 11.9 Å². The Morgan fingerprint density at radius 2 is 2.00 bits per heavy atom. The average molecular weight is 239 g/mol. The number of aromatic nitrogens is 2. The number of rotatable bonds is 3. The SMILES string of the molecule is Cc1c(Cl)nnc(N(C)C(C)CC#N)c1C. The molecule has 0 bridgehead atoms. The van der Waals surface area contributed by atoms with Crippen LogP contribution in [0.1, 0.15) is 24.5 Å². The Morgan fingerprint density at radius 3 is 2.56 bits per heavy atom. The van der Waals surface area contributed by atoms with E-state index < -0.39 is 0 Å². The van der Waals surface area contributed by atoms with E-state index in [9.17, 15) is 0 Å². The smallest absolute Gasteiger partial charge is 0.155 e. The van der Waals surface area contributed by atoms with E-state index in [1.54, 1.807) is 0 Å². The molecule has 0 radical (unpaired) electrons. The summed E-state index contributed by atoms with van der Waals surface area (Å²) < 4.78 is 0. The average Bonchev–Trinajstić information content (AvgIpc) is 2.26. The molecule has 86 valence electrons. The maximum atomic E-state index is 8.67. The van der Waals surface area contributed by atoms with Crippen molar-refractivity contribution in [3.05, 3.63) is 16.3 Å². The molecular formula is C11H15ClN4. The second kappa shape index (κ2) is 5.13. The molecule has 5 heteroatoms. The summed E-state index contributed by atoms with van der Waals surface area (Å²) in [5, 5.41) is 17.1. The van der Waals surface area contributed by atoms with E-state index in [2.05, 4.69) is 16.3 Å². The normalized spacial score (nSPS) is 12.0. The van der Waals surface area contributed by atoms with E-state index >= 15 is 0 Å². The Kier molecular flexibility index (Phi) is 4.08. The second-order valence-electron chi connectivity index (χ2n) is 3.89. The molecule has 0 saturated carbocycles. The van der Waals surface area contributed by atoms with Gasteiger partial charge in [0.25, 0.3) is 0 Å². The van der Waals surface area contributed by atoms with E-state index in [-0.39, 0.29) is 6.04 Å². The van der Waals surface area contributed by atoms with Crippen molar-refractivity contribution >= 4 is 17.4 Å². The predicted octanol–water partition coefficient (Wildman–Crippen LogP) is 2.49. The van der Waals surface area contributed by atoms with Crippen LogP contribution in [0.4, 0.5) is 5.82 Å². The highest BCUT2D eigenvalue weighted by atomic mass is 35.5. The quantitative estimate of drug-likeness (QED) is 0.812. The molecule has 1 unspecified atom stereocenters. The summed E-state index contributed by atoms with van der Waals surface area (Å²) >= 11 is 5.89. The molecule has 1 aromatic heterocycles. The van der Waals surface area contributed by atoms with Crippen LogP contribution in [0.3, 0.4) is 0 Å². The van der Waals surface area contributed by atoms with Crippen LogP contribution in [0.5, 0.6) is 0 Å². The lowest BCUT2D eigenvalue weighted by molar-refractivity contribution is 0.684. The third-order valence-corrected chi connectivity index (χ3v) is 3.18. The highest BCUT2D eigenvalue weighted by molar-refractivity contribution is 6.30. The topological polar surface area (TPSA) is 52.8 Å². The summed E-state index contributed by atoms with van der Waals surface area (Å²) in [7, 11) is 1.91. The van der Waals surface area contributed by atoms with Crippen molar-refractivity contribution in [2.24, 2.45) is 0 Å². The number of anilines is 1. The van der Waals surface area contributed by atoms with Crippen molar-refractivity contribution < 1.29 is 0 Å². The fourth-order valence-electron chi connectivity index (χ4n) is 1.38. The van der Waals surface area contributed by atoms with Crippen molar-refractivity contribution in [1.29, 1.82) is 5.26 Å². The predicted molar refractivity (Wildman–Crippen MR) is 64.6 cm³/mol. The Balaban J connectivity index is 3.06. The first-order chi connectivity index (χ1) is 7.49. The van der Waals surface area contributed by atoms with E-state index in [0.717, 1.165) is 16.9 Å². The highest BCUT2D eigenvalue weighted by Crippen LogP contribution is 2.24. The Bertz CT molecular complexity index is 425. The number of nitrogens with zero attached hydrogens (tertiary/aromatic N) is 4. The van der Waals surface area contributed by atoms with Gasteiger partial charge in [0.1, 0.15) is 0 Å². The molecule has 0 spiro atoms. The van der Waals surface area contributed by atoms with Crippen molar-refractivity contribution in [3.8, 4) is 6.07 Å². The van der Waals surface area contributed by atoms with Crippen LogP contribution in [0.15, 0.2) is 0 Å². The van der Waals surface area contributed by atoms with Gasteiger partial charge in [-0.2, -0.15) is 5.26 Å². The van der Waals surface area contributed by atoms with Crippen LogP contribution >= 0.6 is 11.6 Å². The molecular weight excluding hydrogens is 224 g/mol. The molecule has 0 saturated heterocycles. The summed E-state index contributed by atoms with van der Waals surface area (Å²) in [6.45, 7) is 5.85.